The zero-order chi connectivity index (χ0) is 44.8. The molecule has 1 saturated carbocycles. The Morgan fingerprint density at radius 1 is 1.00 bits per heavy atom. The molecular formula is C50H51FN10O3. The van der Waals surface area contributed by atoms with E-state index in [1.54, 1.807) is 13.8 Å². The summed E-state index contributed by atoms with van der Waals surface area (Å²) in [7, 11) is 2.00. The number of imidazole rings is 1. The Labute approximate surface area is 370 Å². The molecule has 1 N–H and O–H groups in total. The number of benzene rings is 3. The van der Waals surface area contributed by atoms with Crippen LogP contribution in [0, 0.1) is 32.5 Å². The highest BCUT2D eigenvalue weighted by Crippen LogP contribution is 2.56. The third-order valence-electron chi connectivity index (χ3n) is 13.5. The molecule has 1 aliphatic carbocycles. The van der Waals surface area contributed by atoms with Crippen molar-refractivity contribution in [2.45, 2.75) is 85.7 Å². The van der Waals surface area contributed by atoms with Gasteiger partial charge in [-0.15, -0.1) is 0 Å². The monoisotopic (exact) mass is 858 g/mol. The summed E-state index contributed by atoms with van der Waals surface area (Å²) in [5.41, 5.74) is 10.3. The zero-order valence-corrected chi connectivity index (χ0v) is 37.4. The fourth-order valence-corrected chi connectivity index (χ4v) is 9.97. The quantitative estimate of drug-likeness (QED) is 0.144. The van der Waals surface area contributed by atoms with Crippen LogP contribution in [-0.2, 0) is 24.9 Å². The molecule has 1 aliphatic heterocycles. The van der Waals surface area contributed by atoms with E-state index in [9.17, 15) is 4.79 Å². The lowest BCUT2D eigenvalue weighted by atomic mass is 9.98. The Bertz CT molecular complexity index is 3160. The second-order valence-corrected chi connectivity index (χ2v) is 17.8. The minimum atomic E-state index is -0.795. The number of H-pyrrole nitrogens is 1. The molecule has 1 amide bonds. The van der Waals surface area contributed by atoms with E-state index >= 15 is 9.18 Å². The molecule has 3 aromatic carbocycles. The number of carbonyl (C=O) groups excluding carboxylic acids is 1. The molecule has 0 saturated heterocycles. The zero-order valence-electron chi connectivity index (χ0n) is 37.4. The van der Waals surface area contributed by atoms with Crippen LogP contribution < -0.4 is 10.7 Å². The van der Waals surface area contributed by atoms with E-state index in [2.05, 4.69) is 111 Å². The van der Waals surface area contributed by atoms with Gasteiger partial charge in [-0.1, -0.05) is 38.9 Å². The van der Waals surface area contributed by atoms with Gasteiger partial charge in [-0.05, 0) is 128 Å². The van der Waals surface area contributed by atoms with Gasteiger partial charge < -0.3 is 18.9 Å². The fourth-order valence-electron chi connectivity index (χ4n) is 9.97. The van der Waals surface area contributed by atoms with Crippen LogP contribution in [0.3, 0.4) is 0 Å². The number of rotatable bonds is 10. The molecule has 6 heterocycles. The molecule has 2 aliphatic rings. The van der Waals surface area contributed by atoms with E-state index in [1.807, 2.05) is 59.5 Å². The van der Waals surface area contributed by atoms with Gasteiger partial charge in [-0.2, -0.15) is 5.10 Å². The first kappa shape index (κ1) is 41.0. The number of amides is 1. The van der Waals surface area contributed by atoms with E-state index in [1.165, 1.54) is 0 Å². The number of aromatic amines is 1. The Morgan fingerprint density at radius 3 is 2.42 bits per heavy atom. The molecule has 5 aromatic heterocycles. The predicted molar refractivity (Wildman–Crippen MR) is 244 cm³/mol. The molecule has 2 atom stereocenters. The predicted octanol–water partition coefficient (Wildman–Crippen LogP) is 9.25. The average Bonchev–Trinajstić information content (AvgIpc) is 3.86. The van der Waals surface area contributed by atoms with Crippen molar-refractivity contribution < 1.29 is 13.7 Å². The Hall–Kier alpha value is -7.09. The summed E-state index contributed by atoms with van der Waals surface area (Å²) in [5.74, 6) is 1.43. The first-order valence-corrected chi connectivity index (χ1v) is 22.0. The molecule has 13 nitrogen and oxygen atoms in total. The number of fused-ring (bicyclic) bond motifs is 2. The number of nitrogens with zero attached hydrogens (tertiary/aromatic N) is 9. The standard InChI is InChI=1S/C50H51FN10O3/c1-9-40-32(7)38(16-18-52-40)33-10-15-42-34(24-33)25-43(60(42)50(26-31(50)6)48-54-49(63)64-56-48)47(62)58-20-17-41-39(27-58)46(61(55-41)37-22-29(4)44(51)30(5)23-37)57(8)35-11-13-36(14-12-35)59-21-19-53-45(59)28(2)3/h10-16,18-19,21-25,28,31H,9,17,20,26-27H2,1-8H3,(H,54,56,63)/t31-,50-/m0/s1. The smallest absolute Gasteiger partial charge is 0.332 e. The molecule has 326 valence electrons. The minimum absolute atomic E-state index is 0.0517. The number of hydrogen-bond acceptors (Lipinski definition) is 8. The fraction of sp³-hybridized carbons (Fsp3) is 0.320. The SMILES string of the molecule is CCc1nccc(-c2ccc3c(c2)cc(C(=O)N2CCc4nn(-c5cc(C)c(F)c(C)c5)c(N(C)c5ccc(-n6ccnc6C(C)C)cc5)c4C2)n3[C@@]2(c3noc(=O)[nH]3)C[C@@H]2C)c1C. The Kier molecular flexibility index (Phi) is 9.80. The number of carbonyl (C=O) groups is 1. The van der Waals surface area contributed by atoms with Crippen LogP contribution in [0.4, 0.5) is 15.9 Å². The van der Waals surface area contributed by atoms with Crippen LogP contribution in [0.15, 0.2) is 94.6 Å². The topological polar surface area (TPSA) is 136 Å². The van der Waals surface area contributed by atoms with Crippen LogP contribution >= 0.6 is 0 Å². The largest absolute Gasteiger partial charge is 0.438 e. The van der Waals surface area contributed by atoms with Crippen molar-refractivity contribution in [3.63, 3.8) is 0 Å². The van der Waals surface area contributed by atoms with Crippen LogP contribution in [0.5, 0.6) is 0 Å². The number of halogens is 1. The first-order valence-electron chi connectivity index (χ1n) is 22.0. The summed E-state index contributed by atoms with van der Waals surface area (Å²) >= 11 is 0. The highest BCUT2D eigenvalue weighted by atomic mass is 19.1. The first-order chi connectivity index (χ1) is 30.8. The Balaban J connectivity index is 1.08. The number of aromatic nitrogens is 8. The van der Waals surface area contributed by atoms with Gasteiger partial charge in [0.05, 0.1) is 17.9 Å². The molecule has 0 bridgehead atoms. The second kappa shape index (κ2) is 15.3. The third-order valence-corrected chi connectivity index (χ3v) is 13.5. The van der Waals surface area contributed by atoms with Crippen LogP contribution in [0.1, 0.15) is 95.8 Å². The number of aryl methyl sites for hydroxylation is 3. The van der Waals surface area contributed by atoms with E-state index in [0.717, 1.165) is 79.7 Å². The molecule has 1 fully saturated rings. The van der Waals surface area contributed by atoms with E-state index < -0.39 is 11.3 Å². The molecule has 0 spiro atoms. The minimum Gasteiger partial charge on any atom is -0.332 e. The van der Waals surface area contributed by atoms with Crippen molar-refractivity contribution in [3.8, 4) is 22.5 Å². The van der Waals surface area contributed by atoms with Crippen molar-refractivity contribution in [1.82, 2.24) is 43.9 Å². The second-order valence-electron chi connectivity index (χ2n) is 17.8. The van der Waals surface area contributed by atoms with Gasteiger partial charge in [-0.3, -0.25) is 19.3 Å². The molecule has 0 radical (unpaired) electrons. The number of anilines is 2. The summed E-state index contributed by atoms with van der Waals surface area (Å²) in [6.45, 7) is 14.8. The maximum atomic E-state index is 15.4. The molecule has 0 unspecified atom stereocenters. The van der Waals surface area contributed by atoms with Crippen molar-refractivity contribution in [2.24, 2.45) is 5.92 Å². The van der Waals surface area contributed by atoms with Gasteiger partial charge in [0.1, 0.15) is 28.7 Å². The summed E-state index contributed by atoms with van der Waals surface area (Å²) in [5, 5.41) is 10.3. The van der Waals surface area contributed by atoms with Crippen molar-refractivity contribution in [3.05, 3.63) is 153 Å². The number of hydrogen-bond donors (Lipinski definition) is 1. The summed E-state index contributed by atoms with van der Waals surface area (Å²) in [4.78, 5) is 43.8. The molecule has 10 rings (SSSR count). The molecular weight excluding hydrogens is 808 g/mol. The average molecular weight is 859 g/mol. The van der Waals surface area contributed by atoms with Crippen LogP contribution in [0.25, 0.3) is 33.4 Å². The maximum absolute atomic E-state index is 15.4. The Morgan fingerprint density at radius 2 is 1.75 bits per heavy atom. The van der Waals surface area contributed by atoms with Crippen molar-refractivity contribution in [2.75, 3.05) is 18.5 Å². The number of pyridine rings is 1. The van der Waals surface area contributed by atoms with Gasteiger partial charge in [0.15, 0.2) is 5.82 Å². The normalized spacial score (nSPS) is 17.1. The van der Waals surface area contributed by atoms with Gasteiger partial charge >= 0.3 is 5.76 Å². The lowest BCUT2D eigenvalue weighted by Gasteiger charge is -2.30. The van der Waals surface area contributed by atoms with Gasteiger partial charge in [0.25, 0.3) is 5.91 Å². The summed E-state index contributed by atoms with van der Waals surface area (Å²) in [6, 6.07) is 22.3. The highest BCUT2D eigenvalue weighted by molar-refractivity contribution is 6.00. The van der Waals surface area contributed by atoms with Crippen molar-refractivity contribution in [1.29, 1.82) is 0 Å². The highest BCUT2D eigenvalue weighted by Gasteiger charge is 2.59. The van der Waals surface area contributed by atoms with E-state index in [0.29, 0.717) is 42.0 Å². The van der Waals surface area contributed by atoms with Crippen LogP contribution in [-0.4, -0.2) is 63.4 Å². The van der Waals surface area contributed by atoms with E-state index in [-0.39, 0.29) is 30.1 Å². The number of nitrogens with one attached hydrogen (secondary N) is 1. The van der Waals surface area contributed by atoms with Gasteiger partial charge in [0, 0.05) is 78.1 Å². The maximum Gasteiger partial charge on any atom is 0.438 e. The summed E-state index contributed by atoms with van der Waals surface area (Å²) in [6.07, 6.45) is 7.64. The van der Waals surface area contributed by atoms with Crippen molar-refractivity contribution >= 4 is 28.3 Å². The summed E-state index contributed by atoms with van der Waals surface area (Å²) < 4.78 is 26.2. The van der Waals surface area contributed by atoms with Gasteiger partial charge in [0.2, 0.25) is 0 Å². The van der Waals surface area contributed by atoms with Gasteiger partial charge in [-0.25, -0.2) is 18.9 Å². The molecule has 14 heteroatoms. The lowest BCUT2D eigenvalue weighted by molar-refractivity contribution is 0.0721. The molecule has 64 heavy (non-hydrogen) atoms. The van der Waals surface area contributed by atoms with E-state index in [4.69, 9.17) is 9.62 Å². The van der Waals surface area contributed by atoms with Crippen LogP contribution in [0.2, 0.25) is 0 Å². The third kappa shape index (κ3) is 6.48. The molecule has 8 aromatic rings. The lowest BCUT2D eigenvalue weighted by Crippen LogP contribution is -2.38.